The smallest absolute Gasteiger partial charge is 0.106 e. The molecule has 0 unspecified atom stereocenters. The van der Waals surface area contributed by atoms with Gasteiger partial charge in [0.15, 0.2) is 0 Å². The average Bonchev–Trinajstić information content (AvgIpc) is 0.696. The van der Waals surface area contributed by atoms with Crippen molar-refractivity contribution in [1.29, 1.82) is 0 Å². The maximum atomic E-state index is 6.05. The lowest BCUT2D eigenvalue weighted by molar-refractivity contribution is 1.27. The van der Waals surface area contributed by atoms with Crippen molar-refractivity contribution in [3.8, 4) is 154 Å². The third-order valence-corrected chi connectivity index (χ3v) is 21.7. The van der Waals surface area contributed by atoms with Crippen molar-refractivity contribution in [1.82, 2.24) is 0 Å². The van der Waals surface area contributed by atoms with Gasteiger partial charge in [-0.15, -0.1) is 24.2 Å². The van der Waals surface area contributed by atoms with Crippen LogP contribution in [0, 0.1) is 228 Å². The molecule has 0 aliphatic rings. The van der Waals surface area contributed by atoms with Gasteiger partial charge in [-0.3, -0.25) is 0 Å². The summed E-state index contributed by atoms with van der Waals surface area (Å²) < 4.78 is 0. The van der Waals surface area contributed by atoms with Gasteiger partial charge in [-0.25, -0.2) is 0 Å². The van der Waals surface area contributed by atoms with Crippen LogP contribution in [-0.4, -0.2) is 130 Å². The SMILES string of the molecule is BBB(B)B(B(B)B)c1c(B(B(B)B)B(B)B)c(C)c(C)c2c(C)c(-c3c(C)c(C)c(C)c4c(C)c5c(-c6c(C)c7c(C)c(C)c(C#CC)c(C#CC#C)c7c7c(C#CC#CC)c(C#CC#CC#C)c(C#CC#CC#CC)cc67)c(C)c(C)c(C)c5c(C)c34)c(BB)c(B)c12. The van der Waals surface area contributed by atoms with Crippen molar-refractivity contribution >= 4 is 206 Å². The predicted octanol–water partition coefficient (Wildman–Crippen LogP) is 0.156. The second kappa shape index (κ2) is 29.6. The summed E-state index contributed by atoms with van der Waals surface area (Å²) in [4.78, 5) is 0. The Kier molecular flexibility index (Phi) is 22.5. The number of fused-ring (bicyclic) bond motifs is 6. The summed E-state index contributed by atoms with van der Waals surface area (Å²) in [6, 6.07) is 2.18. The van der Waals surface area contributed by atoms with Crippen LogP contribution in [0.5, 0.6) is 0 Å². The molecule has 0 fully saturated rings. The van der Waals surface area contributed by atoms with Crippen LogP contribution in [-0.2, 0) is 0 Å². The Labute approximate surface area is 584 Å². The molecular formula is C77H76B18. The van der Waals surface area contributed by atoms with E-state index in [4.69, 9.17) is 12.8 Å². The van der Waals surface area contributed by atoms with E-state index in [2.05, 4.69) is 299 Å². The largest absolute Gasteiger partial charge is 0.139 e. The van der Waals surface area contributed by atoms with Crippen LogP contribution < -0.4 is 21.9 Å². The summed E-state index contributed by atoms with van der Waals surface area (Å²) >= 11 is 0. The maximum Gasteiger partial charge on any atom is 0.139 e. The van der Waals surface area contributed by atoms with E-state index in [1.165, 1.54) is 116 Å². The van der Waals surface area contributed by atoms with Crippen LogP contribution in [0.2, 0.25) is 0 Å². The first kappa shape index (κ1) is 72.2. The zero-order valence-corrected chi connectivity index (χ0v) is 62.1. The molecule has 0 bridgehead atoms. The highest BCUT2D eigenvalue weighted by Crippen LogP contribution is 2.53. The topological polar surface area (TPSA) is 0 Å². The summed E-state index contributed by atoms with van der Waals surface area (Å²) in [5.41, 5.74) is 32.0. The van der Waals surface area contributed by atoms with Gasteiger partial charge in [0, 0.05) is 60.1 Å². The van der Waals surface area contributed by atoms with E-state index in [9.17, 15) is 0 Å². The minimum Gasteiger partial charge on any atom is -0.106 e. The maximum absolute atomic E-state index is 6.05. The molecule has 0 N–H and O–H groups in total. The second-order valence-corrected chi connectivity index (χ2v) is 27.5. The van der Waals surface area contributed by atoms with Gasteiger partial charge in [-0.1, -0.05) is 63.4 Å². The molecule has 95 heavy (non-hydrogen) atoms. The average molecular weight is 1200 g/mol. The summed E-state index contributed by atoms with van der Waals surface area (Å²) in [5.74, 6) is 61.3. The Balaban J connectivity index is 1.75. The molecule has 0 radical (unpaired) electrons. The molecule has 0 saturated carbocycles. The normalized spacial score (nSPS) is 10.0. The van der Waals surface area contributed by atoms with Crippen molar-refractivity contribution < 1.29 is 0 Å². The Morgan fingerprint density at radius 3 is 1.32 bits per heavy atom. The number of aryl methyl sites for hydroxylation is 8. The van der Waals surface area contributed by atoms with Gasteiger partial charge in [-0.2, -0.15) is 0 Å². The summed E-state index contributed by atoms with van der Waals surface area (Å²) in [6.07, 6.45) is 13.7. The minimum atomic E-state index is 0.396. The van der Waals surface area contributed by atoms with Crippen molar-refractivity contribution in [3.63, 3.8) is 0 Å². The van der Waals surface area contributed by atoms with Gasteiger partial charge in [0.2, 0.25) is 0 Å². The number of hydrogen-bond donors (Lipinski definition) is 0. The molecule has 8 rings (SSSR count). The fourth-order valence-corrected chi connectivity index (χ4v) is 16.9. The first-order valence-corrected chi connectivity index (χ1v) is 34.0. The van der Waals surface area contributed by atoms with Gasteiger partial charge in [0.05, 0.1) is 93.7 Å². The summed E-state index contributed by atoms with van der Waals surface area (Å²) in [7, 11) is 26.6. The van der Waals surface area contributed by atoms with Crippen LogP contribution in [0.15, 0.2) is 6.07 Å². The molecule has 0 spiro atoms. The van der Waals surface area contributed by atoms with Crippen molar-refractivity contribution in [2.75, 3.05) is 0 Å². The first-order chi connectivity index (χ1) is 45.2. The van der Waals surface area contributed by atoms with E-state index in [-0.39, 0.29) is 0 Å². The van der Waals surface area contributed by atoms with Crippen molar-refractivity contribution in [2.45, 2.75) is 118 Å². The molecule has 0 aliphatic heterocycles. The minimum absolute atomic E-state index is 0.396. The van der Waals surface area contributed by atoms with E-state index in [1.807, 2.05) is 6.92 Å². The molecule has 0 aliphatic carbocycles. The molecule has 0 nitrogen and oxygen atoms in total. The highest BCUT2D eigenvalue weighted by molar-refractivity contribution is 7.89. The van der Waals surface area contributed by atoms with E-state index < -0.39 is 0 Å². The highest BCUT2D eigenvalue weighted by Gasteiger charge is 2.39. The van der Waals surface area contributed by atoms with Crippen LogP contribution >= 0.6 is 0 Å². The van der Waals surface area contributed by atoms with Crippen molar-refractivity contribution in [2.24, 2.45) is 0 Å². The molecule has 0 saturated heterocycles. The molecule has 0 aromatic heterocycles. The predicted molar refractivity (Wildman–Crippen MR) is 464 cm³/mol. The van der Waals surface area contributed by atoms with Crippen molar-refractivity contribution in [3.05, 3.63) is 112 Å². The molecular weight excluding hydrogens is 1120 g/mol. The summed E-state index contributed by atoms with van der Waals surface area (Å²) in [5, 5.41) is 11.7. The van der Waals surface area contributed by atoms with Crippen LogP contribution in [0.25, 0.3) is 76.1 Å². The third kappa shape index (κ3) is 12.2. The molecule has 8 aromatic rings. The van der Waals surface area contributed by atoms with E-state index >= 15 is 0 Å². The van der Waals surface area contributed by atoms with E-state index in [1.54, 1.807) is 24.8 Å². The molecule has 8 aromatic carbocycles. The Morgan fingerprint density at radius 2 is 0.789 bits per heavy atom. The zero-order valence-electron chi connectivity index (χ0n) is 62.1. The fourth-order valence-electron chi connectivity index (χ4n) is 16.9. The Hall–Kier alpha value is -8.61. The second-order valence-electron chi connectivity index (χ2n) is 27.5. The lowest BCUT2D eigenvalue weighted by Gasteiger charge is -2.36. The number of hydrogen-bond acceptors (Lipinski definition) is 0. The fraction of sp³-hybridized carbons (Fsp3) is 0.221. The standard InChI is InChI=1S/C77H76B18/c1-20-25-29-31-33-36-55-40-60-65(51(16)63-48(13)43(8)56(35-24-5)58(37-28-23-4)72(63)71(60)59(39-32-27-22-3)57(55)38-34-30-26-21-2)66-46(11)41(6)44(9)61-53(18)69-62(52(17)68(61)66)45(10)42(7)47(12)67(69)70-54(19)64-49(14)50(15)76(90(92(81)82)93(83)84)77(73(64)74(78)75(70)88-79)91(94(85)86)95(87)89-80/h2,4,40,88-89H,78-87H2,1,3,5-19H3. The van der Waals surface area contributed by atoms with E-state index in [0.717, 1.165) is 74.7 Å². The van der Waals surface area contributed by atoms with Gasteiger partial charge in [0.25, 0.3) is 0 Å². The summed E-state index contributed by atoms with van der Waals surface area (Å²) in [6.45, 7) is 39.1. The zero-order chi connectivity index (χ0) is 70.1. The van der Waals surface area contributed by atoms with Crippen LogP contribution in [0.4, 0.5) is 0 Å². The number of terminal acetylenes is 2. The van der Waals surface area contributed by atoms with E-state index in [0.29, 0.717) is 55.2 Å². The number of rotatable bonds is 10. The van der Waals surface area contributed by atoms with Gasteiger partial charge in [0.1, 0.15) is 15.0 Å². The first-order valence-electron chi connectivity index (χ1n) is 34.0. The Bertz CT molecular complexity index is 5460. The van der Waals surface area contributed by atoms with Crippen LogP contribution in [0.3, 0.4) is 0 Å². The molecule has 0 heterocycles. The van der Waals surface area contributed by atoms with Gasteiger partial charge < -0.3 is 0 Å². The number of benzene rings is 8. The molecule has 0 amide bonds. The lowest BCUT2D eigenvalue weighted by atomic mass is 8.67. The quantitative estimate of drug-likeness (QED) is 0.0794. The van der Waals surface area contributed by atoms with Gasteiger partial charge in [-0.05, 0) is 332 Å². The Morgan fingerprint density at radius 1 is 0.347 bits per heavy atom. The molecule has 18 heteroatoms. The lowest BCUT2D eigenvalue weighted by Crippen LogP contribution is -2.72. The van der Waals surface area contributed by atoms with Gasteiger partial charge >= 0.3 is 0 Å². The third-order valence-electron chi connectivity index (χ3n) is 21.7. The molecule has 0 atom stereocenters. The monoisotopic (exact) mass is 1200 g/mol. The molecule has 438 valence electrons. The van der Waals surface area contributed by atoms with Crippen LogP contribution in [0.1, 0.15) is 126 Å². The highest BCUT2D eigenvalue weighted by atomic mass is 14.3.